The van der Waals surface area contributed by atoms with Crippen molar-refractivity contribution in [2.75, 3.05) is 0 Å². The van der Waals surface area contributed by atoms with Gasteiger partial charge < -0.3 is 15.0 Å². The van der Waals surface area contributed by atoms with E-state index in [0.717, 1.165) is 11.1 Å². The lowest BCUT2D eigenvalue weighted by Gasteiger charge is -2.32. The predicted molar refractivity (Wildman–Crippen MR) is 77.2 cm³/mol. The van der Waals surface area contributed by atoms with Crippen LogP contribution in [-0.2, 0) is 15.9 Å². The Morgan fingerprint density at radius 2 is 1.84 bits per heavy atom. The van der Waals surface area contributed by atoms with Crippen LogP contribution in [0.3, 0.4) is 0 Å². The fourth-order valence-electron chi connectivity index (χ4n) is 1.87. The Hall–Kier alpha value is -1.17. The van der Waals surface area contributed by atoms with Crippen molar-refractivity contribution < 1.29 is 9.31 Å². The van der Waals surface area contributed by atoms with E-state index in [0.29, 0.717) is 6.54 Å². The highest BCUT2D eigenvalue weighted by Gasteiger charge is 2.49. The Morgan fingerprint density at radius 3 is 2.42 bits per heavy atom. The standard InChI is InChI=1S/C14H21BN2O2/c1-13(2)14(3,4)19-15(18-13)6-5-11-7-12(8-16)10-17-9-11/h5-7,9-10H,8,16H2,1-4H3/b6-5+. The van der Waals surface area contributed by atoms with Gasteiger partial charge in [-0.3, -0.25) is 4.98 Å². The molecule has 1 fully saturated rings. The van der Waals surface area contributed by atoms with E-state index in [1.165, 1.54) is 0 Å². The van der Waals surface area contributed by atoms with Crippen molar-refractivity contribution >= 4 is 13.2 Å². The molecule has 0 bridgehead atoms. The van der Waals surface area contributed by atoms with Gasteiger partial charge in [0.25, 0.3) is 0 Å². The lowest BCUT2D eigenvalue weighted by Crippen LogP contribution is -2.41. The third-order valence-corrected chi connectivity index (χ3v) is 3.77. The van der Waals surface area contributed by atoms with Gasteiger partial charge in [-0.05, 0) is 44.9 Å². The first-order valence-electron chi connectivity index (χ1n) is 6.52. The van der Waals surface area contributed by atoms with Gasteiger partial charge in [-0.1, -0.05) is 12.1 Å². The van der Waals surface area contributed by atoms with E-state index in [1.807, 2.05) is 45.8 Å². The van der Waals surface area contributed by atoms with Crippen LogP contribution in [0.1, 0.15) is 38.8 Å². The summed E-state index contributed by atoms with van der Waals surface area (Å²) in [5.41, 5.74) is 6.99. The third kappa shape index (κ3) is 3.05. The van der Waals surface area contributed by atoms with Gasteiger partial charge in [0.05, 0.1) is 11.2 Å². The Labute approximate surface area is 115 Å². The number of aromatic nitrogens is 1. The monoisotopic (exact) mass is 260 g/mol. The number of hydrogen-bond acceptors (Lipinski definition) is 4. The minimum Gasteiger partial charge on any atom is -0.400 e. The van der Waals surface area contributed by atoms with E-state index in [4.69, 9.17) is 15.0 Å². The second kappa shape index (κ2) is 5.08. The molecule has 0 saturated carbocycles. The fourth-order valence-corrected chi connectivity index (χ4v) is 1.87. The average molecular weight is 260 g/mol. The summed E-state index contributed by atoms with van der Waals surface area (Å²) in [5, 5.41) is 0. The van der Waals surface area contributed by atoms with Crippen molar-refractivity contribution in [1.82, 2.24) is 4.98 Å². The molecule has 1 aromatic rings. The molecule has 0 spiro atoms. The van der Waals surface area contributed by atoms with Gasteiger partial charge in [0.15, 0.2) is 0 Å². The SMILES string of the molecule is CC1(C)OB(/C=C/c2cncc(CN)c2)OC1(C)C. The van der Waals surface area contributed by atoms with Gasteiger partial charge in [0.2, 0.25) is 0 Å². The first kappa shape index (κ1) is 14.2. The summed E-state index contributed by atoms with van der Waals surface area (Å²) in [6, 6.07) is 2.01. The maximum absolute atomic E-state index is 5.89. The molecule has 102 valence electrons. The van der Waals surface area contributed by atoms with Crippen LogP contribution in [0.25, 0.3) is 6.08 Å². The van der Waals surface area contributed by atoms with Crippen LogP contribution in [0.4, 0.5) is 0 Å². The van der Waals surface area contributed by atoms with E-state index < -0.39 is 0 Å². The van der Waals surface area contributed by atoms with E-state index >= 15 is 0 Å². The number of pyridine rings is 1. The van der Waals surface area contributed by atoms with Gasteiger partial charge in [-0.25, -0.2) is 0 Å². The molecule has 1 aromatic heterocycles. The minimum absolute atomic E-state index is 0.306. The zero-order valence-corrected chi connectivity index (χ0v) is 12.0. The average Bonchev–Trinajstić information content (AvgIpc) is 2.56. The molecule has 0 amide bonds. The third-order valence-electron chi connectivity index (χ3n) is 3.77. The van der Waals surface area contributed by atoms with Crippen LogP contribution >= 0.6 is 0 Å². The number of nitrogens with zero attached hydrogens (tertiary/aromatic N) is 1. The van der Waals surface area contributed by atoms with Crippen molar-refractivity contribution in [1.29, 1.82) is 0 Å². The van der Waals surface area contributed by atoms with Crippen molar-refractivity contribution in [3.05, 3.63) is 35.6 Å². The number of rotatable bonds is 3. The lowest BCUT2D eigenvalue weighted by atomic mass is 9.89. The van der Waals surface area contributed by atoms with Gasteiger partial charge in [-0.2, -0.15) is 0 Å². The summed E-state index contributed by atoms with van der Waals surface area (Å²) >= 11 is 0. The van der Waals surface area contributed by atoms with Gasteiger partial charge in [0.1, 0.15) is 0 Å². The summed E-state index contributed by atoms with van der Waals surface area (Å²) in [5.74, 6) is 1.91. The van der Waals surface area contributed by atoms with Gasteiger partial charge in [0, 0.05) is 18.9 Å². The van der Waals surface area contributed by atoms with E-state index in [9.17, 15) is 0 Å². The van der Waals surface area contributed by atoms with Crippen LogP contribution in [0.5, 0.6) is 0 Å². The van der Waals surface area contributed by atoms with Crippen LogP contribution in [0.15, 0.2) is 24.4 Å². The molecule has 2 N–H and O–H groups in total. The Bertz CT molecular complexity index is 470. The highest BCUT2D eigenvalue weighted by atomic mass is 16.7. The Balaban J connectivity index is 2.08. The van der Waals surface area contributed by atoms with E-state index in [-0.39, 0.29) is 18.3 Å². The maximum atomic E-state index is 5.89. The molecule has 1 aliphatic rings. The topological polar surface area (TPSA) is 57.4 Å². The summed E-state index contributed by atoms with van der Waals surface area (Å²) in [6.07, 6.45) is 5.52. The van der Waals surface area contributed by atoms with E-state index in [1.54, 1.807) is 12.4 Å². The van der Waals surface area contributed by atoms with Crippen LogP contribution in [0, 0.1) is 0 Å². The molecule has 0 atom stereocenters. The van der Waals surface area contributed by atoms with Gasteiger partial charge in [-0.15, -0.1) is 0 Å². The van der Waals surface area contributed by atoms with Crippen LogP contribution in [-0.4, -0.2) is 23.3 Å². The summed E-state index contributed by atoms with van der Waals surface area (Å²) in [7, 11) is -0.327. The second-order valence-electron chi connectivity index (χ2n) is 5.81. The highest BCUT2D eigenvalue weighted by molar-refractivity contribution is 6.52. The Kier molecular flexibility index (Phi) is 3.81. The van der Waals surface area contributed by atoms with Crippen molar-refractivity contribution in [3.63, 3.8) is 0 Å². The first-order valence-corrected chi connectivity index (χ1v) is 6.52. The predicted octanol–water partition coefficient (Wildman–Crippen LogP) is 2.18. The first-order chi connectivity index (χ1) is 8.84. The molecule has 2 heterocycles. The molecule has 19 heavy (non-hydrogen) atoms. The molecule has 5 heteroatoms. The van der Waals surface area contributed by atoms with Gasteiger partial charge >= 0.3 is 7.12 Å². The van der Waals surface area contributed by atoms with Crippen LogP contribution < -0.4 is 5.73 Å². The summed E-state index contributed by atoms with van der Waals surface area (Å²) < 4.78 is 11.8. The normalized spacial score (nSPS) is 21.2. The van der Waals surface area contributed by atoms with Crippen molar-refractivity contribution in [2.24, 2.45) is 5.73 Å². The zero-order chi connectivity index (χ0) is 14.1. The molecule has 0 unspecified atom stereocenters. The molecule has 0 radical (unpaired) electrons. The zero-order valence-electron chi connectivity index (χ0n) is 12.0. The van der Waals surface area contributed by atoms with Crippen LogP contribution in [0.2, 0.25) is 0 Å². The number of hydrogen-bond donors (Lipinski definition) is 1. The summed E-state index contributed by atoms with van der Waals surface area (Å²) in [6.45, 7) is 8.65. The fraction of sp³-hybridized carbons (Fsp3) is 0.500. The molecule has 0 aromatic carbocycles. The molecule has 2 rings (SSSR count). The molecule has 4 nitrogen and oxygen atoms in total. The molecular weight excluding hydrogens is 239 g/mol. The van der Waals surface area contributed by atoms with Crippen molar-refractivity contribution in [2.45, 2.75) is 45.4 Å². The quantitative estimate of drug-likeness (QED) is 0.846. The second-order valence-corrected chi connectivity index (χ2v) is 5.81. The Morgan fingerprint density at radius 1 is 1.21 bits per heavy atom. The smallest absolute Gasteiger partial charge is 0.400 e. The number of nitrogens with two attached hydrogens (primary N) is 1. The van der Waals surface area contributed by atoms with E-state index in [2.05, 4.69) is 4.98 Å². The summed E-state index contributed by atoms with van der Waals surface area (Å²) in [4.78, 5) is 4.15. The maximum Gasteiger partial charge on any atom is 0.487 e. The largest absolute Gasteiger partial charge is 0.487 e. The minimum atomic E-state index is -0.327. The molecule has 1 saturated heterocycles. The van der Waals surface area contributed by atoms with Crippen molar-refractivity contribution in [3.8, 4) is 0 Å². The molecular formula is C14H21BN2O2. The highest BCUT2D eigenvalue weighted by Crippen LogP contribution is 2.36. The molecule has 0 aliphatic carbocycles. The molecule has 1 aliphatic heterocycles. The lowest BCUT2D eigenvalue weighted by molar-refractivity contribution is 0.00578.